The first kappa shape index (κ1) is 11.8. The van der Waals surface area contributed by atoms with E-state index in [1.165, 1.54) is 16.7 Å². The van der Waals surface area contributed by atoms with Gasteiger partial charge in [0.05, 0.1) is 0 Å². The Morgan fingerprint density at radius 1 is 1.00 bits per heavy atom. The summed E-state index contributed by atoms with van der Waals surface area (Å²) in [7, 11) is 1.84. The highest BCUT2D eigenvalue weighted by molar-refractivity contribution is 7.80. The molecule has 0 aromatic heterocycles. The molecule has 0 saturated carbocycles. The summed E-state index contributed by atoms with van der Waals surface area (Å²) >= 11 is 5.19. The van der Waals surface area contributed by atoms with E-state index in [9.17, 15) is 0 Å². The van der Waals surface area contributed by atoms with Crippen LogP contribution >= 0.6 is 12.2 Å². The second kappa shape index (κ2) is 5.11. The van der Waals surface area contributed by atoms with Crippen LogP contribution in [0.4, 0.5) is 0 Å². The predicted molar refractivity (Wildman–Crippen MR) is 77.4 cm³/mol. The molecule has 1 N–H and O–H groups in total. The third kappa shape index (κ3) is 2.71. The highest BCUT2D eigenvalue weighted by Gasteiger charge is 2.00. The number of hydrogen-bond acceptors (Lipinski definition) is 1. The summed E-state index contributed by atoms with van der Waals surface area (Å²) in [6, 6.07) is 16.8. The zero-order valence-electron chi connectivity index (χ0n) is 10.0. The summed E-state index contributed by atoms with van der Waals surface area (Å²) in [6.45, 7) is 2.11. The van der Waals surface area contributed by atoms with Crippen LogP contribution in [0.1, 0.15) is 11.1 Å². The molecule has 0 aliphatic rings. The van der Waals surface area contributed by atoms with Gasteiger partial charge in [0.15, 0.2) is 0 Å². The van der Waals surface area contributed by atoms with Crippen molar-refractivity contribution in [2.24, 2.45) is 0 Å². The molecule has 1 nitrogen and oxygen atoms in total. The molecule has 0 aliphatic heterocycles. The summed E-state index contributed by atoms with van der Waals surface area (Å²) in [6.07, 6.45) is 0. The molecule has 2 aromatic rings. The lowest BCUT2D eigenvalue weighted by molar-refractivity contribution is 1.20. The highest BCUT2D eigenvalue weighted by atomic mass is 32.1. The van der Waals surface area contributed by atoms with Crippen LogP contribution < -0.4 is 5.32 Å². The molecule has 2 rings (SSSR count). The zero-order chi connectivity index (χ0) is 12.3. The maximum Gasteiger partial charge on any atom is 0.106 e. The van der Waals surface area contributed by atoms with Gasteiger partial charge in [0, 0.05) is 12.6 Å². The molecule has 0 unspecified atom stereocenters. The molecule has 0 bridgehead atoms. The quantitative estimate of drug-likeness (QED) is 0.807. The molecule has 2 aromatic carbocycles. The monoisotopic (exact) mass is 241 g/mol. The smallest absolute Gasteiger partial charge is 0.106 e. The zero-order valence-corrected chi connectivity index (χ0v) is 10.8. The summed E-state index contributed by atoms with van der Waals surface area (Å²) in [4.78, 5) is 0.779. The Balaban J connectivity index is 2.32. The Hall–Kier alpha value is -1.67. The van der Waals surface area contributed by atoms with Crippen molar-refractivity contribution in [2.75, 3.05) is 7.05 Å². The van der Waals surface area contributed by atoms with Gasteiger partial charge in [0.1, 0.15) is 4.99 Å². The van der Waals surface area contributed by atoms with Crippen molar-refractivity contribution in [3.05, 3.63) is 59.7 Å². The fraction of sp³-hybridized carbons (Fsp3) is 0.133. The van der Waals surface area contributed by atoms with Crippen LogP contribution in [0.15, 0.2) is 48.5 Å². The van der Waals surface area contributed by atoms with Gasteiger partial charge in [-0.05, 0) is 18.1 Å². The minimum absolute atomic E-state index is 0.779. The number of thiocarbonyl (C=S) groups is 1. The topological polar surface area (TPSA) is 12.0 Å². The Bertz CT molecular complexity index is 529. The first-order valence-corrected chi connectivity index (χ1v) is 6.01. The van der Waals surface area contributed by atoms with Crippen LogP contribution in [0, 0.1) is 6.92 Å². The van der Waals surface area contributed by atoms with E-state index in [1.54, 1.807) is 0 Å². The van der Waals surface area contributed by atoms with Gasteiger partial charge in [-0.15, -0.1) is 0 Å². The van der Waals surface area contributed by atoms with E-state index < -0.39 is 0 Å². The van der Waals surface area contributed by atoms with E-state index in [2.05, 4.69) is 60.8 Å². The van der Waals surface area contributed by atoms with Crippen molar-refractivity contribution in [2.45, 2.75) is 6.92 Å². The van der Waals surface area contributed by atoms with Crippen molar-refractivity contribution in [1.29, 1.82) is 0 Å². The molecule has 0 saturated heterocycles. The molecule has 0 aliphatic carbocycles. The number of benzene rings is 2. The molecule has 0 atom stereocenters. The second-order valence-corrected chi connectivity index (χ2v) is 4.43. The highest BCUT2D eigenvalue weighted by Crippen LogP contribution is 2.20. The van der Waals surface area contributed by atoms with Crippen molar-refractivity contribution in [1.82, 2.24) is 5.32 Å². The summed E-state index contributed by atoms with van der Waals surface area (Å²) in [5, 5.41) is 2.98. The van der Waals surface area contributed by atoms with Gasteiger partial charge in [0.2, 0.25) is 0 Å². The fourth-order valence-corrected chi connectivity index (χ4v) is 1.92. The first-order chi connectivity index (χ1) is 8.20. The van der Waals surface area contributed by atoms with Gasteiger partial charge in [0.25, 0.3) is 0 Å². The van der Waals surface area contributed by atoms with E-state index in [1.807, 2.05) is 7.05 Å². The number of hydrogen-bond donors (Lipinski definition) is 1. The van der Waals surface area contributed by atoms with E-state index >= 15 is 0 Å². The van der Waals surface area contributed by atoms with Crippen molar-refractivity contribution in [3.8, 4) is 11.1 Å². The van der Waals surface area contributed by atoms with Crippen LogP contribution in [0.3, 0.4) is 0 Å². The van der Waals surface area contributed by atoms with Gasteiger partial charge >= 0.3 is 0 Å². The van der Waals surface area contributed by atoms with Gasteiger partial charge in [-0.25, -0.2) is 0 Å². The van der Waals surface area contributed by atoms with E-state index in [4.69, 9.17) is 12.2 Å². The van der Waals surface area contributed by atoms with Gasteiger partial charge < -0.3 is 5.32 Å². The molecule has 0 fully saturated rings. The van der Waals surface area contributed by atoms with Gasteiger partial charge in [-0.2, -0.15) is 0 Å². The van der Waals surface area contributed by atoms with Crippen molar-refractivity contribution in [3.63, 3.8) is 0 Å². The average Bonchev–Trinajstić information content (AvgIpc) is 2.38. The summed E-state index contributed by atoms with van der Waals surface area (Å²) in [5.74, 6) is 0. The SMILES string of the molecule is CNC(=S)c1ccc(-c2cccc(C)c2)cc1. The molecule has 17 heavy (non-hydrogen) atoms. The number of aryl methyl sites for hydroxylation is 1. The van der Waals surface area contributed by atoms with Crippen molar-refractivity contribution < 1.29 is 0 Å². The van der Waals surface area contributed by atoms with Gasteiger partial charge in [-0.1, -0.05) is 66.3 Å². The molecule has 0 radical (unpaired) electrons. The standard InChI is InChI=1S/C15H15NS/c1-11-4-3-5-14(10-11)12-6-8-13(9-7-12)15(17)16-2/h3-10H,1-2H3,(H,16,17). The normalized spacial score (nSPS) is 10.0. The van der Waals surface area contributed by atoms with Crippen LogP contribution in [-0.4, -0.2) is 12.0 Å². The lowest BCUT2D eigenvalue weighted by atomic mass is 10.0. The molecule has 86 valence electrons. The van der Waals surface area contributed by atoms with Crippen LogP contribution in [-0.2, 0) is 0 Å². The van der Waals surface area contributed by atoms with Crippen LogP contribution in [0.2, 0.25) is 0 Å². The lowest BCUT2D eigenvalue weighted by Gasteiger charge is -2.06. The maximum atomic E-state index is 5.19. The third-order valence-electron chi connectivity index (χ3n) is 2.73. The summed E-state index contributed by atoms with van der Waals surface area (Å²) in [5.41, 5.74) is 4.79. The third-order valence-corrected chi connectivity index (χ3v) is 3.17. The summed E-state index contributed by atoms with van der Waals surface area (Å²) < 4.78 is 0. The fourth-order valence-electron chi connectivity index (χ4n) is 1.78. The molecule has 0 amide bonds. The Kier molecular flexibility index (Phi) is 3.55. The van der Waals surface area contributed by atoms with E-state index in [0.29, 0.717) is 0 Å². The van der Waals surface area contributed by atoms with Crippen LogP contribution in [0.5, 0.6) is 0 Å². The molecule has 0 heterocycles. The number of rotatable bonds is 2. The Labute approximate surface area is 107 Å². The van der Waals surface area contributed by atoms with Gasteiger partial charge in [-0.3, -0.25) is 0 Å². The Morgan fingerprint density at radius 2 is 1.71 bits per heavy atom. The molecule has 0 spiro atoms. The molecular weight excluding hydrogens is 226 g/mol. The minimum atomic E-state index is 0.779. The van der Waals surface area contributed by atoms with Crippen LogP contribution in [0.25, 0.3) is 11.1 Å². The van der Waals surface area contributed by atoms with Crippen molar-refractivity contribution >= 4 is 17.2 Å². The van der Waals surface area contributed by atoms with E-state index in [-0.39, 0.29) is 0 Å². The second-order valence-electron chi connectivity index (χ2n) is 4.03. The predicted octanol–water partition coefficient (Wildman–Crippen LogP) is 3.56. The number of nitrogens with one attached hydrogen (secondary N) is 1. The average molecular weight is 241 g/mol. The molecular formula is C15H15NS. The Morgan fingerprint density at radius 3 is 2.29 bits per heavy atom. The lowest BCUT2D eigenvalue weighted by Crippen LogP contribution is -2.16. The maximum absolute atomic E-state index is 5.19. The minimum Gasteiger partial charge on any atom is -0.379 e. The first-order valence-electron chi connectivity index (χ1n) is 5.60. The largest absolute Gasteiger partial charge is 0.379 e. The molecule has 2 heteroatoms. The van der Waals surface area contributed by atoms with E-state index in [0.717, 1.165) is 10.6 Å².